The molecular weight excluding hydrogens is 238 g/mol. The SMILES string of the molecule is COc1ccc(Oc2ccc3ccccc3n2)cc1. The molecule has 0 spiro atoms. The van der Waals surface area contributed by atoms with E-state index < -0.39 is 0 Å². The lowest BCUT2D eigenvalue weighted by Crippen LogP contribution is -1.89. The first kappa shape index (κ1) is 11.5. The summed E-state index contributed by atoms with van der Waals surface area (Å²) < 4.78 is 10.8. The zero-order valence-corrected chi connectivity index (χ0v) is 10.5. The van der Waals surface area contributed by atoms with Crippen LogP contribution in [0.4, 0.5) is 0 Å². The van der Waals surface area contributed by atoms with Crippen LogP contribution in [-0.2, 0) is 0 Å². The first-order valence-corrected chi connectivity index (χ1v) is 6.03. The Morgan fingerprint density at radius 3 is 2.32 bits per heavy atom. The molecule has 0 unspecified atom stereocenters. The van der Waals surface area contributed by atoms with Crippen molar-refractivity contribution >= 4 is 10.9 Å². The molecule has 1 heterocycles. The number of hydrogen-bond acceptors (Lipinski definition) is 3. The monoisotopic (exact) mass is 251 g/mol. The van der Waals surface area contributed by atoms with Crippen molar-refractivity contribution in [2.45, 2.75) is 0 Å². The summed E-state index contributed by atoms with van der Waals surface area (Å²) in [5.41, 5.74) is 0.925. The Morgan fingerprint density at radius 2 is 1.53 bits per heavy atom. The van der Waals surface area contributed by atoms with Crippen molar-refractivity contribution in [1.82, 2.24) is 4.98 Å². The van der Waals surface area contributed by atoms with E-state index in [4.69, 9.17) is 9.47 Å². The molecule has 0 N–H and O–H groups in total. The Hall–Kier alpha value is -2.55. The van der Waals surface area contributed by atoms with Crippen LogP contribution in [0.1, 0.15) is 0 Å². The number of aromatic nitrogens is 1. The minimum Gasteiger partial charge on any atom is -0.497 e. The zero-order valence-electron chi connectivity index (χ0n) is 10.5. The Morgan fingerprint density at radius 1 is 0.789 bits per heavy atom. The van der Waals surface area contributed by atoms with Crippen molar-refractivity contribution in [2.24, 2.45) is 0 Å². The molecule has 3 aromatic rings. The Bertz CT molecular complexity index is 692. The summed E-state index contributed by atoms with van der Waals surface area (Å²) in [6, 6.07) is 19.3. The van der Waals surface area contributed by atoms with Gasteiger partial charge in [0.15, 0.2) is 0 Å². The van der Waals surface area contributed by atoms with E-state index >= 15 is 0 Å². The molecule has 2 aromatic carbocycles. The van der Waals surface area contributed by atoms with Gasteiger partial charge in [0.2, 0.25) is 5.88 Å². The standard InChI is InChI=1S/C16H13NO2/c1-18-13-7-9-14(10-8-13)19-16-11-6-12-4-2-3-5-15(12)17-16/h2-11H,1H3. The van der Waals surface area contributed by atoms with Gasteiger partial charge in [0, 0.05) is 11.5 Å². The number of hydrogen-bond donors (Lipinski definition) is 0. The summed E-state index contributed by atoms with van der Waals surface area (Å²) in [5.74, 6) is 2.13. The van der Waals surface area contributed by atoms with E-state index in [0.29, 0.717) is 5.88 Å². The summed E-state index contributed by atoms with van der Waals surface area (Å²) in [6.45, 7) is 0. The number of methoxy groups -OCH3 is 1. The fourth-order valence-electron chi connectivity index (χ4n) is 1.87. The molecule has 0 amide bonds. The molecule has 19 heavy (non-hydrogen) atoms. The molecule has 0 aliphatic carbocycles. The lowest BCUT2D eigenvalue weighted by molar-refractivity contribution is 0.412. The van der Waals surface area contributed by atoms with Crippen LogP contribution in [-0.4, -0.2) is 12.1 Å². The zero-order chi connectivity index (χ0) is 13.1. The van der Waals surface area contributed by atoms with Crippen LogP contribution in [0.25, 0.3) is 10.9 Å². The van der Waals surface area contributed by atoms with Crippen LogP contribution < -0.4 is 9.47 Å². The smallest absolute Gasteiger partial charge is 0.219 e. The Balaban J connectivity index is 1.87. The van der Waals surface area contributed by atoms with Crippen molar-refractivity contribution < 1.29 is 9.47 Å². The number of pyridine rings is 1. The van der Waals surface area contributed by atoms with Gasteiger partial charge in [-0.2, -0.15) is 0 Å². The van der Waals surface area contributed by atoms with Gasteiger partial charge in [-0.15, -0.1) is 0 Å². The maximum Gasteiger partial charge on any atom is 0.219 e. The summed E-state index contributed by atoms with van der Waals surface area (Å²) >= 11 is 0. The first-order chi connectivity index (χ1) is 9.35. The highest BCUT2D eigenvalue weighted by atomic mass is 16.5. The second-order valence-corrected chi connectivity index (χ2v) is 4.12. The van der Waals surface area contributed by atoms with Gasteiger partial charge in [-0.3, -0.25) is 0 Å². The normalized spacial score (nSPS) is 10.4. The number of ether oxygens (including phenoxy) is 2. The third-order valence-electron chi connectivity index (χ3n) is 2.85. The van der Waals surface area contributed by atoms with Gasteiger partial charge < -0.3 is 9.47 Å². The van der Waals surface area contributed by atoms with E-state index in [-0.39, 0.29) is 0 Å². The fourth-order valence-corrected chi connectivity index (χ4v) is 1.87. The number of benzene rings is 2. The highest BCUT2D eigenvalue weighted by molar-refractivity contribution is 5.78. The Labute approximate surface area is 111 Å². The van der Waals surface area contributed by atoms with E-state index in [0.717, 1.165) is 22.4 Å². The topological polar surface area (TPSA) is 31.4 Å². The van der Waals surface area contributed by atoms with Crippen molar-refractivity contribution in [3.05, 3.63) is 60.7 Å². The van der Waals surface area contributed by atoms with Crippen molar-refractivity contribution in [2.75, 3.05) is 7.11 Å². The predicted octanol–water partition coefficient (Wildman–Crippen LogP) is 4.04. The van der Waals surface area contributed by atoms with Crippen LogP contribution in [0.5, 0.6) is 17.4 Å². The van der Waals surface area contributed by atoms with E-state index in [1.54, 1.807) is 7.11 Å². The van der Waals surface area contributed by atoms with Gasteiger partial charge in [0.1, 0.15) is 11.5 Å². The Kier molecular flexibility index (Phi) is 3.02. The molecule has 0 bridgehead atoms. The third kappa shape index (κ3) is 2.50. The van der Waals surface area contributed by atoms with Gasteiger partial charge in [-0.25, -0.2) is 4.98 Å². The molecule has 0 saturated heterocycles. The lowest BCUT2D eigenvalue weighted by Gasteiger charge is -2.06. The summed E-state index contributed by atoms with van der Waals surface area (Å²) in [4.78, 5) is 4.46. The molecule has 0 fully saturated rings. The molecule has 0 atom stereocenters. The molecule has 1 aromatic heterocycles. The van der Waals surface area contributed by atoms with Crippen LogP contribution in [0, 0.1) is 0 Å². The molecule has 0 aliphatic heterocycles. The van der Waals surface area contributed by atoms with Crippen molar-refractivity contribution in [3.63, 3.8) is 0 Å². The second kappa shape index (κ2) is 4.98. The average Bonchev–Trinajstić information content (AvgIpc) is 2.48. The molecule has 0 saturated carbocycles. The molecule has 94 valence electrons. The number of rotatable bonds is 3. The molecule has 3 rings (SSSR count). The quantitative estimate of drug-likeness (QED) is 0.704. The van der Waals surface area contributed by atoms with E-state index in [2.05, 4.69) is 4.98 Å². The molecular formula is C16H13NO2. The van der Waals surface area contributed by atoms with E-state index in [9.17, 15) is 0 Å². The van der Waals surface area contributed by atoms with Crippen LogP contribution >= 0.6 is 0 Å². The minimum absolute atomic E-state index is 0.587. The van der Waals surface area contributed by atoms with E-state index in [1.165, 1.54) is 0 Å². The molecule has 3 heteroatoms. The van der Waals surface area contributed by atoms with Gasteiger partial charge in [0.05, 0.1) is 12.6 Å². The molecule has 3 nitrogen and oxygen atoms in total. The van der Waals surface area contributed by atoms with Crippen molar-refractivity contribution in [1.29, 1.82) is 0 Å². The highest BCUT2D eigenvalue weighted by Crippen LogP contribution is 2.24. The number of nitrogens with zero attached hydrogens (tertiary/aromatic N) is 1. The maximum absolute atomic E-state index is 5.72. The molecule has 0 radical (unpaired) electrons. The summed E-state index contributed by atoms with van der Waals surface area (Å²) in [7, 11) is 1.64. The minimum atomic E-state index is 0.587. The maximum atomic E-state index is 5.72. The molecule has 0 aliphatic rings. The van der Waals surface area contributed by atoms with Crippen molar-refractivity contribution in [3.8, 4) is 17.4 Å². The van der Waals surface area contributed by atoms with Gasteiger partial charge in [-0.05, 0) is 36.4 Å². The third-order valence-corrected chi connectivity index (χ3v) is 2.85. The summed E-state index contributed by atoms with van der Waals surface area (Å²) in [5, 5.41) is 1.10. The van der Waals surface area contributed by atoms with E-state index in [1.807, 2.05) is 60.7 Å². The fraction of sp³-hybridized carbons (Fsp3) is 0.0625. The predicted molar refractivity (Wildman–Crippen MR) is 74.8 cm³/mol. The number of fused-ring (bicyclic) bond motifs is 1. The lowest BCUT2D eigenvalue weighted by atomic mass is 10.2. The van der Waals surface area contributed by atoms with Crippen LogP contribution in [0.2, 0.25) is 0 Å². The number of para-hydroxylation sites is 1. The van der Waals surface area contributed by atoms with Gasteiger partial charge in [-0.1, -0.05) is 18.2 Å². The largest absolute Gasteiger partial charge is 0.497 e. The van der Waals surface area contributed by atoms with Crippen LogP contribution in [0.3, 0.4) is 0 Å². The van der Waals surface area contributed by atoms with Crippen LogP contribution in [0.15, 0.2) is 60.7 Å². The second-order valence-electron chi connectivity index (χ2n) is 4.12. The van der Waals surface area contributed by atoms with Gasteiger partial charge in [0.25, 0.3) is 0 Å². The highest BCUT2D eigenvalue weighted by Gasteiger charge is 2.01. The summed E-state index contributed by atoms with van der Waals surface area (Å²) in [6.07, 6.45) is 0. The first-order valence-electron chi connectivity index (χ1n) is 6.03. The average molecular weight is 251 g/mol. The van der Waals surface area contributed by atoms with Gasteiger partial charge >= 0.3 is 0 Å².